The number of thioether (sulfide) groups is 1. The summed E-state index contributed by atoms with van der Waals surface area (Å²) in [7, 11) is -3.13. The molecule has 1 aliphatic heterocycles. The molecule has 0 unspecified atom stereocenters. The topological polar surface area (TPSA) is 92.3 Å². The van der Waals surface area contributed by atoms with Crippen LogP contribution >= 0.6 is 11.8 Å². The van der Waals surface area contributed by atoms with Gasteiger partial charge in [-0.2, -0.15) is 0 Å². The van der Waals surface area contributed by atoms with Crippen LogP contribution in [0.4, 0.5) is 5.82 Å². The summed E-state index contributed by atoms with van der Waals surface area (Å²) in [5, 5.41) is 3.82. The molecule has 0 radical (unpaired) electrons. The molecule has 1 aromatic rings. The maximum atomic E-state index is 11.5. The summed E-state index contributed by atoms with van der Waals surface area (Å²) in [5.74, 6) is 0.516. The highest BCUT2D eigenvalue weighted by Crippen LogP contribution is 2.20. The van der Waals surface area contributed by atoms with E-state index in [9.17, 15) is 13.2 Å². The first-order chi connectivity index (χ1) is 9.94. The monoisotopic (exact) mass is 330 g/mol. The molecule has 1 aliphatic rings. The van der Waals surface area contributed by atoms with E-state index in [1.54, 1.807) is 0 Å². The molecular formula is C12H18N4O3S2. The van der Waals surface area contributed by atoms with E-state index in [1.165, 1.54) is 28.5 Å². The van der Waals surface area contributed by atoms with E-state index in [4.69, 9.17) is 0 Å². The van der Waals surface area contributed by atoms with Gasteiger partial charge in [0.25, 0.3) is 0 Å². The predicted octanol–water partition coefficient (Wildman–Crippen LogP) is 0.847. The lowest BCUT2D eigenvalue weighted by atomic mass is 10.1. The second-order valence-electron chi connectivity index (χ2n) is 4.86. The van der Waals surface area contributed by atoms with Crippen molar-refractivity contribution in [3.63, 3.8) is 0 Å². The van der Waals surface area contributed by atoms with Crippen molar-refractivity contribution in [2.75, 3.05) is 30.9 Å². The molecule has 1 saturated heterocycles. The molecule has 1 aromatic heterocycles. The Kier molecular flexibility index (Phi) is 5.17. The van der Waals surface area contributed by atoms with Gasteiger partial charge < -0.3 is 5.32 Å². The minimum absolute atomic E-state index is 0.103. The zero-order valence-electron chi connectivity index (χ0n) is 11.9. The number of aromatic nitrogens is 2. The molecule has 2 rings (SSSR count). The smallest absolute Gasteiger partial charge is 0.211 e. The Labute approximate surface area is 128 Å². The number of nitrogens with one attached hydrogen (secondary N) is 1. The zero-order valence-corrected chi connectivity index (χ0v) is 13.6. The lowest BCUT2D eigenvalue weighted by molar-refractivity contribution is 0.112. The number of piperidine rings is 1. The largest absolute Gasteiger partial charge is 0.367 e. The lowest BCUT2D eigenvalue weighted by Crippen LogP contribution is -2.42. The fourth-order valence-corrected chi connectivity index (χ4v) is 3.42. The second-order valence-corrected chi connectivity index (χ2v) is 7.61. The van der Waals surface area contributed by atoms with Gasteiger partial charge in [-0.15, -0.1) is 0 Å². The number of hydrogen-bond acceptors (Lipinski definition) is 7. The molecular weight excluding hydrogens is 312 g/mol. The summed E-state index contributed by atoms with van der Waals surface area (Å²) < 4.78 is 24.4. The zero-order chi connectivity index (χ0) is 15.5. The van der Waals surface area contributed by atoms with E-state index < -0.39 is 10.0 Å². The molecule has 0 aliphatic carbocycles. The number of sulfonamides is 1. The molecule has 0 saturated carbocycles. The predicted molar refractivity (Wildman–Crippen MR) is 82.3 cm³/mol. The van der Waals surface area contributed by atoms with Crippen LogP contribution in [0, 0.1) is 0 Å². The molecule has 21 heavy (non-hydrogen) atoms. The number of carbonyl (C=O) groups is 1. The number of rotatable bonds is 5. The second kappa shape index (κ2) is 6.71. The average molecular weight is 330 g/mol. The average Bonchev–Trinajstić information content (AvgIpc) is 2.46. The van der Waals surface area contributed by atoms with Crippen molar-refractivity contribution < 1.29 is 13.2 Å². The first kappa shape index (κ1) is 16.2. The number of nitrogens with zero attached hydrogens (tertiary/aromatic N) is 3. The molecule has 0 atom stereocenters. The lowest BCUT2D eigenvalue weighted by Gasteiger charge is -2.31. The summed E-state index contributed by atoms with van der Waals surface area (Å²) in [5.41, 5.74) is 0.415. The Bertz CT molecular complexity index is 613. The minimum Gasteiger partial charge on any atom is -0.367 e. The van der Waals surface area contributed by atoms with E-state index in [0.717, 1.165) is 6.29 Å². The Morgan fingerprint density at radius 1 is 1.43 bits per heavy atom. The van der Waals surface area contributed by atoms with Crippen LogP contribution < -0.4 is 5.32 Å². The summed E-state index contributed by atoms with van der Waals surface area (Å²) in [6, 6.07) is 0.103. The van der Waals surface area contributed by atoms with Crippen molar-refractivity contribution in [2.45, 2.75) is 24.0 Å². The third-order valence-electron chi connectivity index (χ3n) is 3.37. The molecule has 0 amide bonds. The van der Waals surface area contributed by atoms with E-state index in [2.05, 4.69) is 15.3 Å². The summed E-state index contributed by atoms with van der Waals surface area (Å²) in [6.07, 6.45) is 6.68. The highest BCUT2D eigenvalue weighted by molar-refractivity contribution is 7.98. The minimum atomic E-state index is -3.13. The van der Waals surface area contributed by atoms with Crippen molar-refractivity contribution in [1.29, 1.82) is 0 Å². The third-order valence-corrected chi connectivity index (χ3v) is 5.23. The van der Waals surface area contributed by atoms with Gasteiger partial charge in [0.2, 0.25) is 10.0 Å². The molecule has 9 heteroatoms. The molecule has 1 N–H and O–H groups in total. The number of anilines is 1. The first-order valence-electron chi connectivity index (χ1n) is 6.52. The summed E-state index contributed by atoms with van der Waals surface area (Å²) >= 11 is 1.40. The number of aldehydes is 1. The van der Waals surface area contributed by atoms with Gasteiger partial charge >= 0.3 is 0 Å². The van der Waals surface area contributed by atoms with E-state index in [-0.39, 0.29) is 6.04 Å². The molecule has 0 aromatic carbocycles. The van der Waals surface area contributed by atoms with Crippen LogP contribution in [0.3, 0.4) is 0 Å². The Hall–Kier alpha value is -1.19. The van der Waals surface area contributed by atoms with Crippen LogP contribution in [-0.4, -0.2) is 60.6 Å². The van der Waals surface area contributed by atoms with E-state index in [0.29, 0.717) is 42.5 Å². The van der Waals surface area contributed by atoms with Crippen molar-refractivity contribution >= 4 is 33.9 Å². The standard InChI is InChI=1S/C12H18N4O3S2/c1-20-12-13-7-9(8-17)11(15-12)14-10-3-5-16(6-4-10)21(2,18)19/h7-8,10H,3-6H2,1-2H3,(H,13,14,15). The molecule has 7 nitrogen and oxygen atoms in total. The van der Waals surface area contributed by atoms with Crippen LogP contribution in [0.15, 0.2) is 11.4 Å². The molecule has 1 fully saturated rings. The van der Waals surface area contributed by atoms with Gasteiger partial charge in [0.15, 0.2) is 11.4 Å². The summed E-state index contributed by atoms with van der Waals surface area (Å²) in [4.78, 5) is 19.4. The highest BCUT2D eigenvalue weighted by atomic mass is 32.2. The van der Waals surface area contributed by atoms with Crippen LogP contribution in [0.1, 0.15) is 23.2 Å². The molecule has 116 valence electrons. The van der Waals surface area contributed by atoms with Crippen molar-refractivity contribution in [1.82, 2.24) is 14.3 Å². The molecule has 0 spiro atoms. The number of carbonyl (C=O) groups excluding carboxylic acids is 1. The molecule has 0 bridgehead atoms. The van der Waals surface area contributed by atoms with Gasteiger partial charge in [0.05, 0.1) is 11.8 Å². The van der Waals surface area contributed by atoms with Gasteiger partial charge in [-0.3, -0.25) is 4.79 Å². The van der Waals surface area contributed by atoms with E-state index in [1.807, 2.05) is 6.26 Å². The maximum absolute atomic E-state index is 11.5. The fraction of sp³-hybridized carbons (Fsp3) is 0.583. The summed E-state index contributed by atoms with van der Waals surface area (Å²) in [6.45, 7) is 0.959. The van der Waals surface area contributed by atoms with Gasteiger partial charge in [-0.05, 0) is 19.1 Å². The Balaban J connectivity index is 2.05. The third kappa shape index (κ3) is 4.14. The van der Waals surface area contributed by atoms with Gasteiger partial charge in [0, 0.05) is 25.3 Å². The highest BCUT2D eigenvalue weighted by Gasteiger charge is 2.25. The van der Waals surface area contributed by atoms with Gasteiger partial charge in [-0.1, -0.05) is 11.8 Å². The SMILES string of the molecule is CSc1ncc(C=O)c(NC2CCN(S(C)(=O)=O)CC2)n1. The van der Waals surface area contributed by atoms with Gasteiger partial charge in [0.1, 0.15) is 5.82 Å². The van der Waals surface area contributed by atoms with E-state index >= 15 is 0 Å². The number of hydrogen-bond donors (Lipinski definition) is 1. The van der Waals surface area contributed by atoms with Crippen LogP contribution in [0.5, 0.6) is 0 Å². The Morgan fingerprint density at radius 3 is 2.62 bits per heavy atom. The van der Waals surface area contributed by atoms with Crippen LogP contribution in [-0.2, 0) is 10.0 Å². The van der Waals surface area contributed by atoms with Crippen LogP contribution in [0.2, 0.25) is 0 Å². The van der Waals surface area contributed by atoms with Gasteiger partial charge in [-0.25, -0.2) is 22.7 Å². The first-order valence-corrected chi connectivity index (χ1v) is 9.59. The Morgan fingerprint density at radius 2 is 2.10 bits per heavy atom. The molecule has 2 heterocycles. The normalized spacial score (nSPS) is 17.6. The quantitative estimate of drug-likeness (QED) is 0.486. The fourth-order valence-electron chi connectivity index (χ4n) is 2.20. The van der Waals surface area contributed by atoms with Crippen molar-refractivity contribution in [3.05, 3.63) is 11.8 Å². The van der Waals surface area contributed by atoms with Crippen molar-refractivity contribution in [2.24, 2.45) is 0 Å². The maximum Gasteiger partial charge on any atom is 0.211 e. The van der Waals surface area contributed by atoms with Crippen molar-refractivity contribution in [3.8, 4) is 0 Å². The van der Waals surface area contributed by atoms with Crippen LogP contribution in [0.25, 0.3) is 0 Å².